The van der Waals surface area contributed by atoms with E-state index in [-0.39, 0.29) is 6.10 Å². The maximum atomic E-state index is 9.86. The van der Waals surface area contributed by atoms with E-state index in [2.05, 4.69) is 17.9 Å². The minimum atomic E-state index is -0.254. The van der Waals surface area contributed by atoms with E-state index in [0.29, 0.717) is 23.0 Å². The van der Waals surface area contributed by atoms with Crippen LogP contribution in [0.3, 0.4) is 0 Å². The molecule has 0 bridgehead atoms. The van der Waals surface area contributed by atoms with E-state index < -0.39 is 0 Å². The van der Waals surface area contributed by atoms with Gasteiger partial charge < -0.3 is 5.11 Å². The van der Waals surface area contributed by atoms with Gasteiger partial charge in [-0.05, 0) is 36.6 Å². The minimum absolute atomic E-state index is 0.254. The summed E-state index contributed by atoms with van der Waals surface area (Å²) in [5.74, 6) is 0.373. The Morgan fingerprint density at radius 1 is 1.56 bits per heavy atom. The molecule has 0 amide bonds. The Bertz CT molecular complexity index is 469. The summed E-state index contributed by atoms with van der Waals surface area (Å²) in [5.41, 5.74) is 1.59. The van der Waals surface area contributed by atoms with Crippen LogP contribution in [-0.2, 0) is 6.54 Å². The van der Waals surface area contributed by atoms with Crippen molar-refractivity contribution in [3.05, 3.63) is 34.3 Å². The number of halogens is 1. The summed E-state index contributed by atoms with van der Waals surface area (Å²) in [4.78, 5) is 2.21. The average molecular weight is 265 g/mol. The lowest BCUT2D eigenvalue weighted by molar-refractivity contribution is 0.0259. The van der Waals surface area contributed by atoms with Gasteiger partial charge in [-0.15, -0.1) is 0 Å². The molecule has 3 nitrogen and oxygen atoms in total. The number of nitrogens with zero attached hydrogens (tertiary/aromatic N) is 2. The smallest absolute Gasteiger partial charge is 0.0992 e. The van der Waals surface area contributed by atoms with Gasteiger partial charge in [-0.3, -0.25) is 4.90 Å². The number of β-amino-alcohol motifs (C(OH)–C–C–N with tert-alkyl or cyclic N) is 1. The molecular weight excluding hydrogens is 248 g/mol. The van der Waals surface area contributed by atoms with Crippen molar-refractivity contribution in [1.82, 2.24) is 4.90 Å². The first-order valence-corrected chi connectivity index (χ1v) is 6.57. The summed E-state index contributed by atoms with van der Waals surface area (Å²) >= 11 is 6.15. The fourth-order valence-electron chi connectivity index (χ4n) is 2.24. The molecule has 2 unspecified atom stereocenters. The number of piperidine rings is 1. The molecule has 0 aromatic heterocycles. The number of hydrogen-bond donors (Lipinski definition) is 1. The van der Waals surface area contributed by atoms with Crippen molar-refractivity contribution in [2.24, 2.45) is 5.92 Å². The van der Waals surface area contributed by atoms with Gasteiger partial charge in [-0.2, -0.15) is 5.26 Å². The van der Waals surface area contributed by atoms with E-state index in [1.165, 1.54) is 0 Å². The third kappa shape index (κ3) is 3.02. The van der Waals surface area contributed by atoms with Gasteiger partial charge in [-0.1, -0.05) is 24.6 Å². The molecule has 2 atom stereocenters. The average Bonchev–Trinajstić information content (AvgIpc) is 2.36. The van der Waals surface area contributed by atoms with Crippen LogP contribution in [0, 0.1) is 17.2 Å². The van der Waals surface area contributed by atoms with E-state index in [0.717, 1.165) is 25.1 Å². The molecule has 1 aromatic rings. The molecule has 0 radical (unpaired) electrons. The maximum Gasteiger partial charge on any atom is 0.0992 e. The molecule has 96 valence electrons. The van der Waals surface area contributed by atoms with Crippen molar-refractivity contribution in [3.8, 4) is 6.07 Å². The first-order valence-electron chi connectivity index (χ1n) is 6.19. The number of rotatable bonds is 2. The lowest BCUT2D eigenvalue weighted by atomic mass is 9.95. The number of likely N-dealkylation sites (tertiary alicyclic amines) is 1. The molecule has 1 aliphatic rings. The Balaban J connectivity index is 2.04. The van der Waals surface area contributed by atoms with Gasteiger partial charge in [0.05, 0.1) is 17.7 Å². The molecule has 1 heterocycles. The van der Waals surface area contributed by atoms with Crippen molar-refractivity contribution in [2.75, 3.05) is 13.1 Å². The van der Waals surface area contributed by atoms with Crippen LogP contribution >= 0.6 is 11.6 Å². The standard InChI is InChI=1S/C14H17ClN2O/c1-10-4-5-17(9-14(10)18)8-12-3-2-11(7-16)6-13(12)15/h2-3,6,10,14,18H,4-5,8-9H2,1H3. The molecule has 0 aliphatic carbocycles. The summed E-state index contributed by atoms with van der Waals surface area (Å²) in [7, 11) is 0. The Morgan fingerprint density at radius 2 is 2.33 bits per heavy atom. The van der Waals surface area contributed by atoms with Crippen molar-refractivity contribution in [2.45, 2.75) is 26.0 Å². The molecule has 2 rings (SSSR count). The number of nitriles is 1. The van der Waals surface area contributed by atoms with Crippen LogP contribution in [0.4, 0.5) is 0 Å². The van der Waals surface area contributed by atoms with Crippen LogP contribution in [0.15, 0.2) is 18.2 Å². The van der Waals surface area contributed by atoms with Crippen LogP contribution in [0.1, 0.15) is 24.5 Å². The van der Waals surface area contributed by atoms with E-state index in [1.54, 1.807) is 12.1 Å². The summed E-state index contributed by atoms with van der Waals surface area (Å²) in [5, 5.41) is 19.3. The van der Waals surface area contributed by atoms with Crippen molar-refractivity contribution >= 4 is 11.6 Å². The van der Waals surface area contributed by atoms with E-state index >= 15 is 0 Å². The highest BCUT2D eigenvalue weighted by molar-refractivity contribution is 6.31. The Labute approximate surface area is 113 Å². The van der Waals surface area contributed by atoms with Crippen LogP contribution in [0.25, 0.3) is 0 Å². The lowest BCUT2D eigenvalue weighted by Gasteiger charge is -2.34. The highest BCUT2D eigenvalue weighted by atomic mass is 35.5. The summed E-state index contributed by atoms with van der Waals surface area (Å²) in [6, 6.07) is 7.44. The van der Waals surface area contributed by atoms with Crippen LogP contribution < -0.4 is 0 Å². The summed E-state index contributed by atoms with van der Waals surface area (Å²) in [6.45, 7) is 4.48. The normalized spacial score (nSPS) is 24.8. The lowest BCUT2D eigenvalue weighted by Crippen LogP contribution is -2.42. The number of aliphatic hydroxyl groups is 1. The van der Waals surface area contributed by atoms with Crippen LogP contribution in [0.2, 0.25) is 5.02 Å². The fraction of sp³-hybridized carbons (Fsp3) is 0.500. The van der Waals surface area contributed by atoms with Gasteiger partial charge in [0.15, 0.2) is 0 Å². The second kappa shape index (κ2) is 5.71. The van der Waals surface area contributed by atoms with Crippen molar-refractivity contribution in [3.63, 3.8) is 0 Å². The monoisotopic (exact) mass is 264 g/mol. The van der Waals surface area contributed by atoms with Gasteiger partial charge >= 0.3 is 0 Å². The molecule has 1 fully saturated rings. The van der Waals surface area contributed by atoms with Gasteiger partial charge in [0, 0.05) is 18.1 Å². The summed E-state index contributed by atoms with van der Waals surface area (Å²) in [6.07, 6.45) is 0.755. The van der Waals surface area contributed by atoms with E-state index in [4.69, 9.17) is 16.9 Å². The van der Waals surface area contributed by atoms with Gasteiger partial charge in [-0.25, -0.2) is 0 Å². The minimum Gasteiger partial charge on any atom is -0.392 e. The van der Waals surface area contributed by atoms with E-state index in [1.807, 2.05) is 6.07 Å². The first-order chi connectivity index (χ1) is 8.60. The van der Waals surface area contributed by atoms with Crippen molar-refractivity contribution < 1.29 is 5.11 Å². The van der Waals surface area contributed by atoms with Crippen LogP contribution in [-0.4, -0.2) is 29.2 Å². The van der Waals surface area contributed by atoms with Crippen LogP contribution in [0.5, 0.6) is 0 Å². The Morgan fingerprint density at radius 3 is 2.94 bits per heavy atom. The third-order valence-electron chi connectivity index (χ3n) is 3.58. The van der Waals surface area contributed by atoms with Crippen molar-refractivity contribution in [1.29, 1.82) is 5.26 Å². The molecule has 1 saturated heterocycles. The third-order valence-corrected chi connectivity index (χ3v) is 3.93. The molecule has 0 saturated carbocycles. The zero-order valence-corrected chi connectivity index (χ0v) is 11.2. The molecule has 18 heavy (non-hydrogen) atoms. The molecule has 0 spiro atoms. The first kappa shape index (κ1) is 13.4. The zero-order chi connectivity index (χ0) is 13.1. The fourth-order valence-corrected chi connectivity index (χ4v) is 2.48. The Hall–Kier alpha value is -1.08. The topological polar surface area (TPSA) is 47.3 Å². The second-order valence-electron chi connectivity index (χ2n) is 4.99. The second-order valence-corrected chi connectivity index (χ2v) is 5.39. The van der Waals surface area contributed by atoms with Gasteiger partial charge in [0.25, 0.3) is 0 Å². The van der Waals surface area contributed by atoms with Gasteiger partial charge in [0.1, 0.15) is 0 Å². The predicted molar refractivity (Wildman–Crippen MR) is 71.2 cm³/mol. The zero-order valence-electron chi connectivity index (χ0n) is 10.4. The van der Waals surface area contributed by atoms with Gasteiger partial charge in [0.2, 0.25) is 0 Å². The SMILES string of the molecule is CC1CCN(Cc2ccc(C#N)cc2Cl)CC1O. The largest absolute Gasteiger partial charge is 0.392 e. The highest BCUT2D eigenvalue weighted by Gasteiger charge is 2.24. The molecular formula is C14H17ClN2O. The van der Waals surface area contributed by atoms with E-state index in [9.17, 15) is 5.11 Å². The highest BCUT2D eigenvalue weighted by Crippen LogP contribution is 2.23. The number of benzene rings is 1. The number of hydrogen-bond acceptors (Lipinski definition) is 3. The quantitative estimate of drug-likeness (QED) is 0.892. The molecule has 1 aliphatic heterocycles. The molecule has 1 aromatic carbocycles. The summed E-state index contributed by atoms with van der Waals surface area (Å²) < 4.78 is 0. The maximum absolute atomic E-state index is 9.86. The molecule has 1 N–H and O–H groups in total. The predicted octanol–water partition coefficient (Wildman–Crippen LogP) is 2.41. The molecule has 4 heteroatoms. The number of aliphatic hydroxyl groups excluding tert-OH is 1. The Kier molecular flexibility index (Phi) is 4.23.